The lowest BCUT2D eigenvalue weighted by Gasteiger charge is -2.43. The summed E-state index contributed by atoms with van der Waals surface area (Å²) in [5.41, 5.74) is 7.00. The molecule has 0 radical (unpaired) electrons. The summed E-state index contributed by atoms with van der Waals surface area (Å²) in [5.74, 6) is 2.45. The van der Waals surface area contributed by atoms with Crippen LogP contribution in [0.25, 0.3) is 0 Å². The van der Waals surface area contributed by atoms with Gasteiger partial charge in [0.25, 0.3) is 0 Å². The van der Waals surface area contributed by atoms with Crippen molar-refractivity contribution in [1.29, 1.82) is 0 Å². The van der Waals surface area contributed by atoms with Crippen LogP contribution in [0, 0.1) is 17.8 Å². The maximum atomic E-state index is 12.7. The lowest BCUT2D eigenvalue weighted by atomic mass is 9.65. The molecule has 0 heterocycles. The van der Waals surface area contributed by atoms with Crippen LogP contribution in [0.3, 0.4) is 0 Å². The number of methoxy groups -OCH3 is 2. The van der Waals surface area contributed by atoms with E-state index in [1.807, 2.05) is 12.1 Å². The van der Waals surface area contributed by atoms with Crippen molar-refractivity contribution in [3.8, 4) is 11.5 Å². The molecule has 1 amide bonds. The number of halogens is 1. The Labute approximate surface area is 149 Å². The summed E-state index contributed by atoms with van der Waals surface area (Å²) in [6.07, 6.45) is 5.38. The molecule has 2 bridgehead atoms. The maximum Gasteiger partial charge on any atom is 0.227 e. The van der Waals surface area contributed by atoms with Crippen LogP contribution in [0.15, 0.2) is 18.2 Å². The Morgan fingerprint density at radius 3 is 2.42 bits per heavy atom. The molecular formula is C18H27ClN2O3. The van der Waals surface area contributed by atoms with Crippen molar-refractivity contribution in [2.75, 3.05) is 19.5 Å². The highest BCUT2D eigenvalue weighted by atomic mass is 35.5. The van der Waals surface area contributed by atoms with E-state index in [1.165, 1.54) is 6.42 Å². The van der Waals surface area contributed by atoms with Crippen LogP contribution in [-0.2, 0) is 4.79 Å². The first-order valence-electron chi connectivity index (χ1n) is 8.41. The Morgan fingerprint density at radius 2 is 1.83 bits per heavy atom. The van der Waals surface area contributed by atoms with Gasteiger partial charge < -0.3 is 20.5 Å². The number of hydrogen-bond acceptors (Lipinski definition) is 4. The molecule has 3 N–H and O–H groups in total. The van der Waals surface area contributed by atoms with E-state index in [-0.39, 0.29) is 30.3 Å². The third kappa shape index (κ3) is 3.78. The molecule has 2 fully saturated rings. The summed E-state index contributed by atoms with van der Waals surface area (Å²) in [6.45, 7) is 0. The fourth-order valence-corrected chi connectivity index (χ4v) is 4.14. The molecule has 2 saturated carbocycles. The predicted octanol–water partition coefficient (Wildman–Crippen LogP) is 3.22. The molecule has 1 aromatic carbocycles. The standard InChI is InChI=1S/C18H26N2O3.ClH/c1-22-14-6-7-15(16(10-14)23-2)20-18(21)13-8-11-4-3-5-12(9-13)17(11)19;/h6-7,10-13,17H,3-5,8-9,19H2,1-2H3,(H,20,21);1H. The minimum absolute atomic E-state index is 0. The molecule has 0 spiro atoms. The lowest BCUT2D eigenvalue weighted by Crippen LogP contribution is -2.48. The highest BCUT2D eigenvalue weighted by Crippen LogP contribution is 2.42. The molecule has 1 aromatic rings. The third-order valence-corrected chi connectivity index (χ3v) is 5.45. The molecule has 0 aromatic heterocycles. The summed E-state index contributed by atoms with van der Waals surface area (Å²) in [4.78, 5) is 12.7. The quantitative estimate of drug-likeness (QED) is 0.870. The first kappa shape index (κ1) is 18.9. The largest absolute Gasteiger partial charge is 0.497 e. The van der Waals surface area contributed by atoms with Gasteiger partial charge in [-0.05, 0) is 49.7 Å². The van der Waals surface area contributed by atoms with Crippen molar-refractivity contribution < 1.29 is 14.3 Å². The fourth-order valence-electron chi connectivity index (χ4n) is 4.14. The van der Waals surface area contributed by atoms with Gasteiger partial charge in [-0.1, -0.05) is 6.42 Å². The Balaban J connectivity index is 0.00000208. The van der Waals surface area contributed by atoms with Crippen LogP contribution >= 0.6 is 12.4 Å². The minimum atomic E-state index is 0. The Bertz CT molecular complexity index is 567. The summed E-state index contributed by atoms with van der Waals surface area (Å²) in [7, 11) is 3.20. The van der Waals surface area contributed by atoms with Gasteiger partial charge in [0, 0.05) is 18.0 Å². The van der Waals surface area contributed by atoms with E-state index >= 15 is 0 Å². The molecule has 2 aliphatic rings. The normalized spacial score (nSPS) is 28.5. The molecule has 2 aliphatic carbocycles. The summed E-state index contributed by atoms with van der Waals surface area (Å²) >= 11 is 0. The predicted molar refractivity (Wildman–Crippen MR) is 97.0 cm³/mol. The van der Waals surface area contributed by atoms with Crippen LogP contribution < -0.4 is 20.5 Å². The van der Waals surface area contributed by atoms with Crippen molar-refractivity contribution in [3.05, 3.63) is 18.2 Å². The molecule has 3 rings (SSSR count). The number of hydrogen-bond donors (Lipinski definition) is 2. The monoisotopic (exact) mass is 354 g/mol. The molecule has 0 saturated heterocycles. The molecule has 0 aliphatic heterocycles. The zero-order valence-electron chi connectivity index (χ0n) is 14.3. The van der Waals surface area contributed by atoms with Crippen molar-refractivity contribution in [1.82, 2.24) is 0 Å². The topological polar surface area (TPSA) is 73.6 Å². The van der Waals surface area contributed by atoms with E-state index in [0.717, 1.165) is 25.7 Å². The van der Waals surface area contributed by atoms with E-state index in [9.17, 15) is 4.79 Å². The highest BCUT2D eigenvalue weighted by molar-refractivity contribution is 5.94. The van der Waals surface area contributed by atoms with Gasteiger partial charge in [0.15, 0.2) is 0 Å². The maximum absolute atomic E-state index is 12.7. The van der Waals surface area contributed by atoms with E-state index in [0.29, 0.717) is 29.0 Å². The Morgan fingerprint density at radius 1 is 1.17 bits per heavy atom. The van der Waals surface area contributed by atoms with Crippen molar-refractivity contribution in [2.45, 2.75) is 38.1 Å². The first-order valence-corrected chi connectivity index (χ1v) is 8.41. The second kappa shape index (κ2) is 8.08. The van der Waals surface area contributed by atoms with Crippen molar-refractivity contribution in [3.63, 3.8) is 0 Å². The Kier molecular flexibility index (Phi) is 6.35. The van der Waals surface area contributed by atoms with Gasteiger partial charge in [-0.3, -0.25) is 4.79 Å². The van der Waals surface area contributed by atoms with Crippen LogP contribution in [0.5, 0.6) is 11.5 Å². The van der Waals surface area contributed by atoms with E-state index in [2.05, 4.69) is 5.32 Å². The summed E-state index contributed by atoms with van der Waals surface area (Å²) in [6, 6.07) is 5.71. The SMILES string of the molecule is COc1ccc(NC(=O)C2CC3CCCC(C2)C3N)c(OC)c1.Cl. The third-order valence-electron chi connectivity index (χ3n) is 5.45. The number of carbonyl (C=O) groups excluding carboxylic acids is 1. The summed E-state index contributed by atoms with van der Waals surface area (Å²) in [5, 5.41) is 3.03. The van der Waals surface area contributed by atoms with Gasteiger partial charge in [-0.25, -0.2) is 0 Å². The van der Waals surface area contributed by atoms with Gasteiger partial charge in [0.1, 0.15) is 11.5 Å². The number of amides is 1. The summed E-state index contributed by atoms with van der Waals surface area (Å²) < 4.78 is 10.5. The molecule has 6 heteroatoms. The van der Waals surface area contributed by atoms with Gasteiger partial charge >= 0.3 is 0 Å². The number of fused-ring (bicyclic) bond motifs is 2. The van der Waals surface area contributed by atoms with Gasteiger partial charge in [0.2, 0.25) is 5.91 Å². The number of rotatable bonds is 4. The van der Waals surface area contributed by atoms with E-state index in [4.69, 9.17) is 15.2 Å². The van der Waals surface area contributed by atoms with Gasteiger partial charge in [0.05, 0.1) is 19.9 Å². The van der Waals surface area contributed by atoms with Crippen LogP contribution in [0.2, 0.25) is 0 Å². The van der Waals surface area contributed by atoms with Gasteiger partial charge in [-0.2, -0.15) is 0 Å². The zero-order valence-corrected chi connectivity index (χ0v) is 15.1. The van der Waals surface area contributed by atoms with Crippen LogP contribution in [-0.4, -0.2) is 26.2 Å². The average molecular weight is 355 g/mol. The van der Waals surface area contributed by atoms with Crippen molar-refractivity contribution >= 4 is 24.0 Å². The fraction of sp³-hybridized carbons (Fsp3) is 0.611. The molecule has 5 nitrogen and oxygen atoms in total. The second-order valence-corrected chi connectivity index (χ2v) is 6.75. The Hall–Kier alpha value is -1.46. The van der Waals surface area contributed by atoms with Crippen LogP contribution in [0.1, 0.15) is 32.1 Å². The number of carbonyl (C=O) groups is 1. The van der Waals surface area contributed by atoms with E-state index in [1.54, 1.807) is 20.3 Å². The van der Waals surface area contributed by atoms with Crippen LogP contribution in [0.4, 0.5) is 5.69 Å². The zero-order chi connectivity index (χ0) is 16.4. The number of anilines is 1. The first-order chi connectivity index (χ1) is 11.1. The number of benzene rings is 1. The minimum Gasteiger partial charge on any atom is -0.497 e. The molecule has 2 unspecified atom stereocenters. The lowest BCUT2D eigenvalue weighted by molar-refractivity contribution is -0.122. The molecule has 24 heavy (non-hydrogen) atoms. The van der Waals surface area contributed by atoms with Gasteiger partial charge in [-0.15, -0.1) is 12.4 Å². The molecular weight excluding hydrogens is 328 g/mol. The second-order valence-electron chi connectivity index (χ2n) is 6.75. The number of ether oxygens (including phenoxy) is 2. The smallest absolute Gasteiger partial charge is 0.227 e. The molecule has 2 atom stereocenters. The van der Waals surface area contributed by atoms with Crippen molar-refractivity contribution in [2.24, 2.45) is 23.5 Å². The van der Waals surface area contributed by atoms with E-state index < -0.39 is 0 Å². The highest BCUT2D eigenvalue weighted by Gasteiger charge is 2.40. The average Bonchev–Trinajstić information content (AvgIpc) is 2.54. The number of nitrogens with two attached hydrogens (primary N) is 1. The number of nitrogens with one attached hydrogen (secondary N) is 1. The molecule has 134 valence electrons.